The van der Waals surface area contributed by atoms with Gasteiger partial charge in [0.2, 0.25) is 0 Å². The van der Waals surface area contributed by atoms with Crippen molar-refractivity contribution in [2.45, 2.75) is 18.6 Å². The Hall–Kier alpha value is -3.91. The number of carbonyl (C=O) groups excluding carboxylic acids is 1. The number of nitrogens with zero attached hydrogens (tertiary/aromatic N) is 1. The van der Waals surface area contributed by atoms with Crippen LogP contribution in [0.15, 0.2) is 73.1 Å². The van der Waals surface area contributed by atoms with Crippen LogP contribution < -0.4 is 16.4 Å². The maximum Gasteiger partial charge on any atom is 0.413 e. The summed E-state index contributed by atoms with van der Waals surface area (Å²) in [7, 11) is 0. The van der Waals surface area contributed by atoms with Crippen LogP contribution in [0.2, 0.25) is 0 Å². The molecule has 1 saturated heterocycles. The lowest BCUT2D eigenvalue weighted by atomic mass is 10.0. The van der Waals surface area contributed by atoms with Gasteiger partial charge in [-0.3, -0.25) is 15.7 Å². The SMILES string of the molecule is N=C(N)c1cccc(NC2(OC(=O)Nc3ccc(-c4ccncc4)cc3)CCOCC2)c1. The average molecular weight is 431 g/mol. The monoisotopic (exact) mass is 431 g/mol. The molecule has 8 heteroatoms. The Balaban J connectivity index is 1.45. The molecule has 4 rings (SSSR count). The van der Waals surface area contributed by atoms with Crippen molar-refractivity contribution in [2.75, 3.05) is 23.8 Å². The summed E-state index contributed by atoms with van der Waals surface area (Å²) in [6.45, 7) is 0.931. The number of pyridine rings is 1. The van der Waals surface area contributed by atoms with E-state index >= 15 is 0 Å². The first-order valence-corrected chi connectivity index (χ1v) is 10.3. The molecule has 164 valence electrons. The predicted molar refractivity (Wildman–Crippen MR) is 124 cm³/mol. The van der Waals surface area contributed by atoms with Crippen LogP contribution in [-0.4, -0.2) is 35.9 Å². The number of hydrogen-bond acceptors (Lipinski definition) is 6. The fraction of sp³-hybridized carbons (Fsp3) is 0.208. The minimum atomic E-state index is -0.922. The number of hydrogen-bond donors (Lipinski definition) is 4. The molecule has 2 aromatic carbocycles. The van der Waals surface area contributed by atoms with Crippen LogP contribution >= 0.6 is 0 Å². The summed E-state index contributed by atoms with van der Waals surface area (Å²) in [6, 6.07) is 18.6. The van der Waals surface area contributed by atoms with Gasteiger partial charge in [0.1, 0.15) is 5.84 Å². The van der Waals surface area contributed by atoms with E-state index in [1.165, 1.54) is 0 Å². The number of amides is 1. The Morgan fingerprint density at radius 3 is 2.38 bits per heavy atom. The highest BCUT2D eigenvalue weighted by Gasteiger charge is 2.37. The quantitative estimate of drug-likeness (QED) is 0.264. The summed E-state index contributed by atoms with van der Waals surface area (Å²) in [6.07, 6.45) is 3.91. The molecule has 32 heavy (non-hydrogen) atoms. The van der Waals surface area contributed by atoms with Crippen LogP contribution in [-0.2, 0) is 9.47 Å². The lowest BCUT2D eigenvalue weighted by Gasteiger charge is -2.38. The Morgan fingerprint density at radius 2 is 1.69 bits per heavy atom. The first kappa shape index (κ1) is 21.3. The molecule has 0 unspecified atom stereocenters. The Labute approximate surface area is 186 Å². The third kappa shape index (κ3) is 5.22. The number of nitrogen functional groups attached to an aromatic ring is 1. The van der Waals surface area contributed by atoms with E-state index in [9.17, 15) is 4.79 Å². The Bertz CT molecular complexity index is 1080. The third-order valence-corrected chi connectivity index (χ3v) is 5.28. The van der Waals surface area contributed by atoms with Gasteiger partial charge in [-0.1, -0.05) is 24.3 Å². The smallest absolute Gasteiger partial charge is 0.413 e. The molecule has 0 saturated carbocycles. The van der Waals surface area contributed by atoms with Crippen LogP contribution in [0, 0.1) is 5.41 Å². The van der Waals surface area contributed by atoms with Crippen molar-refractivity contribution in [1.29, 1.82) is 5.41 Å². The molecule has 0 atom stereocenters. The first-order chi connectivity index (χ1) is 15.5. The van der Waals surface area contributed by atoms with E-state index in [1.807, 2.05) is 42.5 Å². The van der Waals surface area contributed by atoms with Crippen LogP contribution in [0.4, 0.5) is 16.2 Å². The zero-order valence-corrected chi connectivity index (χ0v) is 17.5. The fourth-order valence-electron chi connectivity index (χ4n) is 3.59. The highest BCUT2D eigenvalue weighted by atomic mass is 16.6. The summed E-state index contributed by atoms with van der Waals surface area (Å²) < 4.78 is 11.3. The van der Waals surface area contributed by atoms with Crippen LogP contribution in [0.1, 0.15) is 18.4 Å². The second kappa shape index (κ2) is 9.49. The molecule has 1 amide bonds. The highest BCUT2D eigenvalue weighted by molar-refractivity contribution is 5.95. The van der Waals surface area contributed by atoms with Crippen LogP contribution in [0.3, 0.4) is 0 Å². The summed E-state index contributed by atoms with van der Waals surface area (Å²) in [4.78, 5) is 16.8. The molecular weight excluding hydrogens is 406 g/mol. The van der Waals surface area contributed by atoms with E-state index in [0.29, 0.717) is 43.0 Å². The predicted octanol–water partition coefficient (Wildman–Crippen LogP) is 4.20. The molecule has 0 aliphatic carbocycles. The highest BCUT2D eigenvalue weighted by Crippen LogP contribution is 2.29. The van der Waals surface area contributed by atoms with Crippen LogP contribution in [0.5, 0.6) is 0 Å². The molecule has 2 heterocycles. The topological polar surface area (TPSA) is 122 Å². The van der Waals surface area contributed by atoms with Gasteiger partial charge >= 0.3 is 6.09 Å². The van der Waals surface area contributed by atoms with E-state index in [-0.39, 0.29) is 5.84 Å². The molecule has 5 N–H and O–H groups in total. The minimum Gasteiger partial charge on any atom is -0.423 e. The number of benzene rings is 2. The summed E-state index contributed by atoms with van der Waals surface area (Å²) in [5.41, 5.74) is 8.70. The average Bonchev–Trinajstić information content (AvgIpc) is 2.80. The normalized spacial score (nSPS) is 14.9. The van der Waals surface area contributed by atoms with Gasteiger partial charge in [-0.15, -0.1) is 0 Å². The lowest BCUT2D eigenvalue weighted by Crippen LogP contribution is -2.48. The number of anilines is 2. The van der Waals surface area contributed by atoms with Gasteiger partial charge < -0.3 is 20.5 Å². The van der Waals surface area contributed by atoms with E-state index in [2.05, 4.69) is 15.6 Å². The van der Waals surface area contributed by atoms with Crippen molar-refractivity contribution in [2.24, 2.45) is 5.73 Å². The number of rotatable bonds is 6. The minimum absolute atomic E-state index is 0.0245. The van der Waals surface area contributed by atoms with E-state index in [4.69, 9.17) is 20.6 Å². The second-order valence-corrected chi connectivity index (χ2v) is 7.55. The molecule has 1 aliphatic rings. The first-order valence-electron chi connectivity index (χ1n) is 10.3. The molecule has 8 nitrogen and oxygen atoms in total. The van der Waals surface area contributed by atoms with Gasteiger partial charge in [-0.2, -0.15) is 0 Å². The standard InChI is InChI=1S/C24H25N5O3/c25-22(26)19-2-1-3-21(16-19)29-24(10-14-31-15-11-24)32-23(30)28-20-6-4-17(5-7-20)18-8-12-27-13-9-18/h1-9,12-13,16,29H,10-11,14-15H2,(H3,25,26)(H,28,30). The van der Waals surface area contributed by atoms with Crippen molar-refractivity contribution >= 4 is 23.3 Å². The van der Waals surface area contributed by atoms with Gasteiger partial charge in [0.25, 0.3) is 0 Å². The zero-order valence-electron chi connectivity index (χ0n) is 17.5. The van der Waals surface area contributed by atoms with Gasteiger partial charge in [0.05, 0.1) is 13.2 Å². The number of nitrogens with two attached hydrogens (primary N) is 1. The summed E-state index contributed by atoms with van der Waals surface area (Å²) in [5.74, 6) is -0.0245. The van der Waals surface area contributed by atoms with Crippen molar-refractivity contribution in [1.82, 2.24) is 4.98 Å². The van der Waals surface area contributed by atoms with Crippen LogP contribution in [0.25, 0.3) is 11.1 Å². The largest absolute Gasteiger partial charge is 0.423 e. The molecule has 0 spiro atoms. The molecular formula is C24H25N5O3. The Kier molecular flexibility index (Phi) is 6.32. The van der Waals surface area contributed by atoms with Crippen molar-refractivity contribution in [3.05, 3.63) is 78.6 Å². The summed E-state index contributed by atoms with van der Waals surface area (Å²) >= 11 is 0. The molecule has 1 aromatic heterocycles. The number of ether oxygens (including phenoxy) is 2. The van der Waals surface area contributed by atoms with Gasteiger partial charge in [0.15, 0.2) is 5.72 Å². The number of amidine groups is 1. The van der Waals surface area contributed by atoms with Crippen molar-refractivity contribution in [3.63, 3.8) is 0 Å². The molecule has 1 fully saturated rings. The molecule has 3 aromatic rings. The van der Waals surface area contributed by atoms with E-state index in [1.54, 1.807) is 30.6 Å². The van der Waals surface area contributed by atoms with E-state index in [0.717, 1.165) is 11.1 Å². The zero-order chi connectivity index (χ0) is 22.4. The van der Waals surface area contributed by atoms with E-state index < -0.39 is 11.8 Å². The van der Waals surface area contributed by atoms with Gasteiger partial charge in [0, 0.05) is 42.2 Å². The number of carbonyl (C=O) groups is 1. The third-order valence-electron chi connectivity index (χ3n) is 5.28. The number of aromatic nitrogens is 1. The van der Waals surface area contributed by atoms with Crippen molar-refractivity contribution in [3.8, 4) is 11.1 Å². The van der Waals surface area contributed by atoms with Gasteiger partial charge in [-0.05, 0) is 47.5 Å². The fourth-order valence-corrected chi connectivity index (χ4v) is 3.59. The molecule has 0 radical (unpaired) electrons. The van der Waals surface area contributed by atoms with Crippen molar-refractivity contribution < 1.29 is 14.3 Å². The second-order valence-electron chi connectivity index (χ2n) is 7.55. The lowest BCUT2D eigenvalue weighted by molar-refractivity contribution is -0.0495. The number of nitrogens with one attached hydrogen (secondary N) is 3. The summed E-state index contributed by atoms with van der Waals surface area (Å²) in [5, 5.41) is 13.8. The van der Waals surface area contributed by atoms with Gasteiger partial charge in [-0.25, -0.2) is 4.79 Å². The molecule has 0 bridgehead atoms. The molecule has 1 aliphatic heterocycles. The maximum absolute atomic E-state index is 12.7. The maximum atomic E-state index is 12.7. The Morgan fingerprint density at radius 1 is 1.00 bits per heavy atom.